The number of hydrogen-bond donors (Lipinski definition) is 3. The second-order valence-corrected chi connectivity index (χ2v) is 9.66. The minimum Gasteiger partial charge on any atom is -0.379 e. The van der Waals surface area contributed by atoms with Crippen molar-refractivity contribution in [2.24, 2.45) is 5.92 Å². The van der Waals surface area contributed by atoms with E-state index in [1.807, 2.05) is 26.0 Å². The molecule has 3 N–H and O–H groups in total. The normalized spacial score (nSPS) is 17.6. The molecule has 2 fully saturated rings. The van der Waals surface area contributed by atoms with E-state index in [1.54, 1.807) is 12.1 Å². The molecule has 1 saturated carbocycles. The van der Waals surface area contributed by atoms with Crippen LogP contribution in [0.5, 0.6) is 0 Å². The van der Waals surface area contributed by atoms with E-state index in [0.29, 0.717) is 37.5 Å². The topological polar surface area (TPSA) is 99.8 Å². The van der Waals surface area contributed by atoms with E-state index < -0.39 is 0 Å². The number of ether oxygens (including phenoxy) is 1. The van der Waals surface area contributed by atoms with Gasteiger partial charge in [-0.15, -0.1) is 0 Å². The van der Waals surface area contributed by atoms with Crippen molar-refractivity contribution in [3.63, 3.8) is 0 Å². The molecule has 34 heavy (non-hydrogen) atoms. The average molecular weight is 473 g/mol. The third kappa shape index (κ3) is 8.40. The number of nitrogens with zero attached hydrogens (tertiary/aromatic N) is 1. The molecule has 1 heterocycles. The van der Waals surface area contributed by atoms with Gasteiger partial charge in [-0.3, -0.25) is 19.3 Å². The van der Waals surface area contributed by atoms with Gasteiger partial charge in [-0.2, -0.15) is 0 Å². The highest BCUT2D eigenvalue weighted by Crippen LogP contribution is 2.21. The minimum atomic E-state index is -0.144. The first kappa shape index (κ1) is 26.2. The van der Waals surface area contributed by atoms with Crippen molar-refractivity contribution in [3.8, 4) is 0 Å². The van der Waals surface area contributed by atoms with Gasteiger partial charge >= 0.3 is 0 Å². The van der Waals surface area contributed by atoms with Crippen molar-refractivity contribution >= 4 is 23.4 Å². The number of benzene rings is 1. The van der Waals surface area contributed by atoms with E-state index in [-0.39, 0.29) is 42.3 Å². The molecule has 188 valence electrons. The molecule has 1 saturated heterocycles. The Bertz CT molecular complexity index is 815. The number of amides is 3. The summed E-state index contributed by atoms with van der Waals surface area (Å²) in [4.78, 5) is 39.9. The Morgan fingerprint density at radius 2 is 1.76 bits per heavy atom. The highest BCUT2D eigenvalue weighted by atomic mass is 16.5. The Balaban J connectivity index is 1.39. The van der Waals surface area contributed by atoms with Crippen LogP contribution in [-0.4, -0.2) is 67.6 Å². The van der Waals surface area contributed by atoms with E-state index in [0.717, 1.165) is 44.9 Å². The number of para-hydroxylation sites is 1. The van der Waals surface area contributed by atoms with Gasteiger partial charge < -0.3 is 20.7 Å². The van der Waals surface area contributed by atoms with Gasteiger partial charge in [0, 0.05) is 25.1 Å². The van der Waals surface area contributed by atoms with Gasteiger partial charge in [-0.05, 0) is 71.2 Å². The molecule has 8 heteroatoms. The summed E-state index contributed by atoms with van der Waals surface area (Å²) in [6, 6.07) is 7.37. The van der Waals surface area contributed by atoms with Gasteiger partial charge in [-0.1, -0.05) is 25.0 Å². The maximum Gasteiger partial charge on any atom is 0.253 e. The maximum atomic E-state index is 12.7. The zero-order valence-electron chi connectivity index (χ0n) is 20.6. The first-order chi connectivity index (χ1) is 16.4. The monoisotopic (exact) mass is 472 g/mol. The molecule has 0 aromatic heterocycles. The first-order valence-corrected chi connectivity index (χ1v) is 12.7. The Morgan fingerprint density at radius 3 is 2.47 bits per heavy atom. The molecular weight excluding hydrogens is 432 g/mol. The van der Waals surface area contributed by atoms with Crippen LogP contribution in [0.3, 0.4) is 0 Å². The number of carbonyl (C=O) groups is 3. The van der Waals surface area contributed by atoms with E-state index in [4.69, 9.17) is 4.74 Å². The zero-order valence-corrected chi connectivity index (χ0v) is 20.6. The van der Waals surface area contributed by atoms with Crippen molar-refractivity contribution in [2.75, 3.05) is 38.1 Å². The van der Waals surface area contributed by atoms with Crippen LogP contribution in [0.1, 0.15) is 69.2 Å². The summed E-state index contributed by atoms with van der Waals surface area (Å²) in [5, 5.41) is 9.00. The molecule has 1 aliphatic carbocycles. The lowest BCUT2D eigenvalue weighted by atomic mass is 9.96. The maximum absolute atomic E-state index is 12.7. The fourth-order valence-electron chi connectivity index (χ4n) is 4.62. The summed E-state index contributed by atoms with van der Waals surface area (Å²) in [5.74, 6) is -0.194. The molecule has 0 atom stereocenters. The molecule has 8 nitrogen and oxygen atoms in total. The van der Waals surface area contributed by atoms with Crippen LogP contribution >= 0.6 is 0 Å². The SMILES string of the molecule is CC(C)OCCCNC(=O)C1CCN(CC(=O)Nc2ccccc2C(=O)NC2CCCC2)CC1. The third-order valence-corrected chi connectivity index (χ3v) is 6.53. The van der Waals surface area contributed by atoms with Crippen molar-refractivity contribution < 1.29 is 19.1 Å². The van der Waals surface area contributed by atoms with Gasteiger partial charge in [0.25, 0.3) is 5.91 Å². The van der Waals surface area contributed by atoms with Gasteiger partial charge in [0.15, 0.2) is 0 Å². The summed E-state index contributed by atoms with van der Waals surface area (Å²) >= 11 is 0. The Kier molecular flexibility index (Phi) is 10.3. The van der Waals surface area contributed by atoms with Crippen LogP contribution in [0.15, 0.2) is 24.3 Å². The predicted molar refractivity (Wildman–Crippen MR) is 133 cm³/mol. The summed E-state index contributed by atoms with van der Waals surface area (Å²) in [7, 11) is 0. The molecule has 0 radical (unpaired) electrons. The fourth-order valence-corrected chi connectivity index (χ4v) is 4.62. The van der Waals surface area contributed by atoms with Crippen LogP contribution in [0.2, 0.25) is 0 Å². The number of likely N-dealkylation sites (tertiary alicyclic amines) is 1. The highest BCUT2D eigenvalue weighted by molar-refractivity contribution is 6.04. The van der Waals surface area contributed by atoms with Crippen molar-refractivity contribution in [3.05, 3.63) is 29.8 Å². The molecule has 1 aliphatic heterocycles. The minimum absolute atomic E-state index is 0.00895. The van der Waals surface area contributed by atoms with Gasteiger partial charge in [0.1, 0.15) is 0 Å². The largest absolute Gasteiger partial charge is 0.379 e. The van der Waals surface area contributed by atoms with E-state index in [2.05, 4.69) is 20.9 Å². The second kappa shape index (κ2) is 13.4. The number of rotatable bonds is 11. The molecule has 0 spiro atoms. The van der Waals surface area contributed by atoms with Crippen LogP contribution in [0, 0.1) is 5.92 Å². The fraction of sp³-hybridized carbons (Fsp3) is 0.654. The van der Waals surface area contributed by atoms with Gasteiger partial charge in [-0.25, -0.2) is 0 Å². The summed E-state index contributed by atoms with van der Waals surface area (Å²) in [6.45, 7) is 6.93. The average Bonchev–Trinajstić information content (AvgIpc) is 3.32. The lowest BCUT2D eigenvalue weighted by Crippen LogP contribution is -2.43. The standard InChI is InChI=1S/C26H40N4O4/c1-19(2)34-17-7-14-27-25(32)20-12-15-30(16-13-20)18-24(31)29-23-11-6-5-10-22(23)26(33)28-21-8-3-4-9-21/h5-6,10-11,19-21H,3-4,7-9,12-18H2,1-2H3,(H,27,32)(H,28,33)(H,29,31). The number of hydrogen-bond acceptors (Lipinski definition) is 5. The molecule has 0 bridgehead atoms. The Hall–Kier alpha value is -2.45. The summed E-state index contributed by atoms with van der Waals surface area (Å²) in [6.07, 6.45) is 6.82. The second-order valence-electron chi connectivity index (χ2n) is 9.66. The number of piperidine rings is 1. The summed E-state index contributed by atoms with van der Waals surface area (Å²) < 4.78 is 5.49. The molecule has 0 unspecified atom stereocenters. The smallest absolute Gasteiger partial charge is 0.253 e. The van der Waals surface area contributed by atoms with Crippen LogP contribution in [0.25, 0.3) is 0 Å². The lowest BCUT2D eigenvalue weighted by Gasteiger charge is -2.30. The van der Waals surface area contributed by atoms with Crippen molar-refractivity contribution in [2.45, 2.75) is 70.9 Å². The molecular formula is C26H40N4O4. The van der Waals surface area contributed by atoms with Crippen LogP contribution < -0.4 is 16.0 Å². The number of anilines is 1. The van der Waals surface area contributed by atoms with E-state index in [9.17, 15) is 14.4 Å². The van der Waals surface area contributed by atoms with Crippen LogP contribution in [0.4, 0.5) is 5.69 Å². The Labute approximate surface area is 203 Å². The van der Waals surface area contributed by atoms with E-state index >= 15 is 0 Å². The predicted octanol–water partition coefficient (Wildman–Crippen LogP) is 2.94. The van der Waals surface area contributed by atoms with Crippen molar-refractivity contribution in [1.82, 2.24) is 15.5 Å². The lowest BCUT2D eigenvalue weighted by molar-refractivity contribution is -0.126. The summed E-state index contributed by atoms with van der Waals surface area (Å²) in [5.41, 5.74) is 1.04. The van der Waals surface area contributed by atoms with E-state index in [1.165, 1.54) is 0 Å². The molecule has 3 rings (SSSR count). The third-order valence-electron chi connectivity index (χ3n) is 6.53. The first-order valence-electron chi connectivity index (χ1n) is 12.7. The molecule has 1 aromatic carbocycles. The van der Waals surface area contributed by atoms with Gasteiger partial charge in [0.2, 0.25) is 11.8 Å². The number of carbonyl (C=O) groups excluding carboxylic acids is 3. The highest BCUT2D eigenvalue weighted by Gasteiger charge is 2.26. The molecule has 2 aliphatic rings. The zero-order chi connectivity index (χ0) is 24.3. The quantitative estimate of drug-likeness (QED) is 0.430. The Morgan fingerprint density at radius 1 is 1.06 bits per heavy atom. The van der Waals surface area contributed by atoms with Gasteiger partial charge in [0.05, 0.1) is 23.9 Å². The number of nitrogens with one attached hydrogen (secondary N) is 3. The molecule has 1 aromatic rings. The van der Waals surface area contributed by atoms with Crippen LogP contribution in [-0.2, 0) is 14.3 Å². The molecule has 3 amide bonds. The van der Waals surface area contributed by atoms with Crippen molar-refractivity contribution in [1.29, 1.82) is 0 Å².